The molecule has 2 amide bonds. The van der Waals surface area contributed by atoms with Crippen LogP contribution in [0.5, 0.6) is 0 Å². The van der Waals surface area contributed by atoms with E-state index in [2.05, 4.69) is 10.2 Å². The molecule has 0 unspecified atom stereocenters. The van der Waals surface area contributed by atoms with Crippen molar-refractivity contribution >= 4 is 28.3 Å². The van der Waals surface area contributed by atoms with E-state index in [-0.39, 0.29) is 11.8 Å². The maximum absolute atomic E-state index is 13.2. The van der Waals surface area contributed by atoms with Gasteiger partial charge in [0.1, 0.15) is 0 Å². The quantitative estimate of drug-likeness (QED) is 0.675. The van der Waals surface area contributed by atoms with Gasteiger partial charge in [-0.1, -0.05) is 25.0 Å². The van der Waals surface area contributed by atoms with E-state index in [1.807, 2.05) is 6.92 Å². The van der Waals surface area contributed by atoms with Crippen LogP contribution in [0.4, 0.5) is 5.69 Å². The second-order valence-corrected chi connectivity index (χ2v) is 9.78. The van der Waals surface area contributed by atoms with Crippen LogP contribution in [-0.4, -0.2) is 53.6 Å². The maximum atomic E-state index is 13.2. The predicted octanol–water partition coefficient (Wildman–Crippen LogP) is 3.83. The van der Waals surface area contributed by atoms with E-state index in [9.17, 15) is 13.8 Å². The Morgan fingerprint density at radius 3 is 2.53 bits per heavy atom. The third-order valence-corrected chi connectivity index (χ3v) is 7.73. The molecule has 0 aliphatic carbocycles. The van der Waals surface area contributed by atoms with Gasteiger partial charge in [-0.3, -0.25) is 9.59 Å². The molecule has 4 rings (SSSR count). The number of nitrogens with zero attached hydrogens (tertiary/aromatic N) is 2. The molecular weight excluding hydrogens is 422 g/mol. The van der Waals surface area contributed by atoms with Crippen LogP contribution in [0.1, 0.15) is 59.7 Å². The molecule has 2 aliphatic heterocycles. The average Bonchev–Trinajstić information content (AvgIpc) is 3.14. The molecule has 2 aliphatic rings. The molecule has 7 heteroatoms. The summed E-state index contributed by atoms with van der Waals surface area (Å²) in [5.74, 6) is -0.357. The third-order valence-electron chi connectivity index (χ3n) is 6.23. The summed E-state index contributed by atoms with van der Waals surface area (Å²) < 4.78 is 13.2. The largest absolute Gasteiger partial charge is 0.352 e. The molecule has 0 bridgehead atoms. The van der Waals surface area contributed by atoms with Crippen molar-refractivity contribution in [3.8, 4) is 0 Å². The number of anilines is 1. The summed E-state index contributed by atoms with van der Waals surface area (Å²) in [6, 6.07) is 12.1. The Morgan fingerprint density at radius 2 is 1.78 bits per heavy atom. The Kier molecular flexibility index (Phi) is 7.37. The van der Waals surface area contributed by atoms with E-state index in [1.165, 1.54) is 25.7 Å². The number of carbonyl (C=O) groups excluding carboxylic acids is 2. The van der Waals surface area contributed by atoms with E-state index in [0.717, 1.165) is 26.1 Å². The van der Waals surface area contributed by atoms with Gasteiger partial charge in [0.2, 0.25) is 0 Å². The first-order valence-electron chi connectivity index (χ1n) is 11.6. The van der Waals surface area contributed by atoms with Crippen molar-refractivity contribution < 1.29 is 13.8 Å². The van der Waals surface area contributed by atoms with Crippen LogP contribution in [0.15, 0.2) is 52.3 Å². The summed E-state index contributed by atoms with van der Waals surface area (Å²) in [4.78, 5) is 31.1. The van der Waals surface area contributed by atoms with Gasteiger partial charge in [-0.05, 0) is 76.2 Å². The zero-order valence-corrected chi connectivity index (χ0v) is 19.5. The molecule has 1 N–H and O–H groups in total. The lowest BCUT2D eigenvalue weighted by Crippen LogP contribution is -2.32. The van der Waals surface area contributed by atoms with Crippen molar-refractivity contribution in [1.82, 2.24) is 10.2 Å². The molecule has 0 saturated carbocycles. The normalized spacial score (nSPS) is 19.0. The molecule has 2 aromatic carbocycles. The molecule has 1 fully saturated rings. The number of fused-ring (bicyclic) bond motifs is 2. The summed E-state index contributed by atoms with van der Waals surface area (Å²) >= 11 is 0. The average molecular weight is 454 g/mol. The highest BCUT2D eigenvalue weighted by molar-refractivity contribution is 7.85. The van der Waals surface area contributed by atoms with Crippen LogP contribution < -0.4 is 10.2 Å². The molecule has 1 atom stereocenters. The highest BCUT2D eigenvalue weighted by atomic mass is 32.2. The summed E-state index contributed by atoms with van der Waals surface area (Å²) in [5, 5.41) is 3.00. The number of likely N-dealkylation sites (tertiary alicyclic amines) is 1. The summed E-state index contributed by atoms with van der Waals surface area (Å²) in [6.07, 6.45) is 6.08. The monoisotopic (exact) mass is 453 g/mol. The molecule has 1 saturated heterocycles. The number of carbonyl (C=O) groups is 2. The highest BCUT2D eigenvalue weighted by Gasteiger charge is 2.30. The fourth-order valence-electron chi connectivity index (χ4n) is 4.48. The van der Waals surface area contributed by atoms with Gasteiger partial charge in [0.25, 0.3) is 11.8 Å². The third kappa shape index (κ3) is 4.79. The predicted molar refractivity (Wildman–Crippen MR) is 127 cm³/mol. The Morgan fingerprint density at radius 1 is 1.03 bits per heavy atom. The standard InChI is InChI=1S/C25H31N3O3S/c1-2-28-21-18-19(24(29)26-14-9-17-27-15-7-3-4-8-16-27)12-13-23(21)32(31)22-11-6-5-10-20(22)25(28)30/h5-6,10-13,18H,2-4,7-9,14-17H2,1H3,(H,26,29)/t32-/m1/s1. The molecule has 2 heterocycles. The first-order chi connectivity index (χ1) is 15.6. The lowest BCUT2D eigenvalue weighted by Gasteiger charge is -2.22. The van der Waals surface area contributed by atoms with E-state index >= 15 is 0 Å². The number of rotatable bonds is 6. The lowest BCUT2D eigenvalue weighted by atomic mass is 10.1. The van der Waals surface area contributed by atoms with Crippen molar-refractivity contribution in [3.05, 3.63) is 53.6 Å². The number of nitrogens with one attached hydrogen (secondary N) is 1. The molecule has 0 aromatic heterocycles. The molecule has 0 radical (unpaired) electrons. The maximum Gasteiger partial charge on any atom is 0.259 e. The number of benzene rings is 2. The fraction of sp³-hybridized carbons (Fsp3) is 0.440. The zero-order valence-electron chi connectivity index (χ0n) is 18.6. The molecular formula is C25H31N3O3S. The smallest absolute Gasteiger partial charge is 0.259 e. The Hall–Kier alpha value is -2.51. The summed E-state index contributed by atoms with van der Waals surface area (Å²) in [5.41, 5.74) is 1.47. The second-order valence-electron chi connectivity index (χ2n) is 8.36. The van der Waals surface area contributed by atoms with Crippen LogP contribution in [0, 0.1) is 0 Å². The van der Waals surface area contributed by atoms with Crippen molar-refractivity contribution in [1.29, 1.82) is 0 Å². The van der Waals surface area contributed by atoms with Crippen molar-refractivity contribution in [2.75, 3.05) is 37.6 Å². The Balaban J connectivity index is 1.47. The Labute approximate surface area is 192 Å². The van der Waals surface area contributed by atoms with Crippen molar-refractivity contribution in [2.45, 2.75) is 48.8 Å². The van der Waals surface area contributed by atoms with Gasteiger partial charge in [0.05, 0.1) is 31.8 Å². The first-order valence-corrected chi connectivity index (χ1v) is 12.7. The van der Waals surface area contributed by atoms with Crippen LogP contribution in [0.2, 0.25) is 0 Å². The van der Waals surface area contributed by atoms with Gasteiger partial charge < -0.3 is 15.1 Å². The van der Waals surface area contributed by atoms with Crippen molar-refractivity contribution in [2.24, 2.45) is 0 Å². The van der Waals surface area contributed by atoms with Crippen LogP contribution in [-0.2, 0) is 10.8 Å². The number of hydrogen-bond acceptors (Lipinski definition) is 4. The minimum atomic E-state index is -1.48. The van der Waals surface area contributed by atoms with Gasteiger partial charge in [0, 0.05) is 18.7 Å². The zero-order chi connectivity index (χ0) is 22.5. The lowest BCUT2D eigenvalue weighted by molar-refractivity contribution is 0.0948. The van der Waals surface area contributed by atoms with E-state index in [0.29, 0.717) is 39.7 Å². The Bertz CT molecular complexity index is 1020. The summed E-state index contributed by atoms with van der Waals surface area (Å²) in [7, 11) is -1.48. The molecule has 32 heavy (non-hydrogen) atoms. The molecule has 6 nitrogen and oxygen atoms in total. The topological polar surface area (TPSA) is 69.7 Å². The number of amides is 2. The SMILES string of the molecule is CCN1C(=O)c2ccccc2[S@@](=O)c2ccc(C(=O)NCCCN3CCCCCC3)cc21. The van der Waals surface area contributed by atoms with Gasteiger partial charge in [0.15, 0.2) is 0 Å². The molecule has 2 aromatic rings. The van der Waals surface area contributed by atoms with Gasteiger partial charge in [-0.15, -0.1) is 0 Å². The second kappa shape index (κ2) is 10.4. The van der Waals surface area contributed by atoms with Crippen LogP contribution in [0.3, 0.4) is 0 Å². The van der Waals surface area contributed by atoms with E-state index in [1.54, 1.807) is 47.4 Å². The minimum Gasteiger partial charge on any atom is -0.352 e. The fourth-order valence-corrected chi connectivity index (χ4v) is 5.83. The van der Waals surface area contributed by atoms with Crippen molar-refractivity contribution in [3.63, 3.8) is 0 Å². The highest BCUT2D eigenvalue weighted by Crippen LogP contribution is 2.35. The van der Waals surface area contributed by atoms with Gasteiger partial charge in [-0.2, -0.15) is 0 Å². The molecule has 170 valence electrons. The minimum absolute atomic E-state index is 0.167. The van der Waals surface area contributed by atoms with Gasteiger partial charge >= 0.3 is 0 Å². The van der Waals surface area contributed by atoms with E-state index < -0.39 is 10.8 Å². The first kappa shape index (κ1) is 22.7. The van der Waals surface area contributed by atoms with E-state index in [4.69, 9.17) is 0 Å². The molecule has 0 spiro atoms. The van der Waals surface area contributed by atoms with Crippen LogP contribution in [0.25, 0.3) is 0 Å². The summed E-state index contributed by atoms with van der Waals surface area (Å²) in [6.45, 7) is 6.23. The van der Waals surface area contributed by atoms with Crippen LogP contribution >= 0.6 is 0 Å². The van der Waals surface area contributed by atoms with Gasteiger partial charge in [-0.25, -0.2) is 4.21 Å². The number of hydrogen-bond donors (Lipinski definition) is 1.